The number of carbonyl (C=O) groups is 5. The van der Waals surface area contributed by atoms with Crippen molar-refractivity contribution in [1.29, 1.82) is 0 Å². The molecule has 19 nitrogen and oxygen atoms in total. The number of esters is 2. The molecular weight excluding hydrogens is 1500 g/mol. The summed E-state index contributed by atoms with van der Waals surface area (Å²) in [5.74, 6) is -0.660. The van der Waals surface area contributed by atoms with E-state index in [9.17, 15) is 33.1 Å². The molecular formula is C95H184N4O15P2. The second-order valence-corrected chi connectivity index (χ2v) is 36.7. The predicted octanol–water partition coefficient (Wildman–Crippen LogP) is 28.4. The summed E-state index contributed by atoms with van der Waals surface area (Å²) in [6, 6.07) is -0.929. The lowest BCUT2D eigenvalue weighted by Crippen LogP contribution is -2.38. The predicted molar refractivity (Wildman–Crippen MR) is 484 cm³/mol. The second-order valence-electron chi connectivity index (χ2n) is 33.4. The van der Waals surface area contributed by atoms with E-state index < -0.39 is 33.9 Å². The maximum absolute atomic E-state index is 14.4. The van der Waals surface area contributed by atoms with E-state index in [-0.39, 0.29) is 101 Å². The van der Waals surface area contributed by atoms with Crippen molar-refractivity contribution in [2.24, 2.45) is 0 Å². The Bertz CT molecular complexity index is 2190. The highest BCUT2D eigenvalue weighted by Crippen LogP contribution is 2.50. The molecule has 0 radical (unpaired) electrons. The summed E-state index contributed by atoms with van der Waals surface area (Å²) in [7, 11) is -8.68. The molecule has 4 N–H and O–H groups in total. The lowest BCUT2D eigenvalue weighted by Gasteiger charge is -2.25. The third-order valence-corrected chi connectivity index (χ3v) is 25.0. The van der Waals surface area contributed by atoms with E-state index in [2.05, 4.69) is 76.0 Å². The van der Waals surface area contributed by atoms with E-state index in [0.29, 0.717) is 51.4 Å². The summed E-state index contributed by atoms with van der Waals surface area (Å²) in [5, 5.41) is 12.0. The van der Waals surface area contributed by atoms with Crippen LogP contribution in [0.1, 0.15) is 478 Å². The van der Waals surface area contributed by atoms with E-state index >= 15 is 0 Å². The number of hydrogen-bond donors (Lipinski definition) is 4. The minimum atomic E-state index is -4.34. The van der Waals surface area contributed by atoms with Crippen LogP contribution in [0.4, 0.5) is 4.79 Å². The summed E-state index contributed by atoms with van der Waals surface area (Å²) >= 11 is 0. The van der Waals surface area contributed by atoms with Gasteiger partial charge in [-0.05, 0) is 64.2 Å². The van der Waals surface area contributed by atoms with Gasteiger partial charge in [0.15, 0.2) is 0 Å². The topological polar surface area (TPSA) is 241 Å². The van der Waals surface area contributed by atoms with Crippen molar-refractivity contribution in [2.45, 2.75) is 502 Å². The number of carbonyl (C=O) groups excluding carboxylic acids is 5. The molecule has 0 rings (SSSR count). The minimum Gasteiger partial charge on any atom is -0.460 e. The van der Waals surface area contributed by atoms with Crippen LogP contribution in [-0.2, 0) is 64.9 Å². The lowest BCUT2D eigenvalue weighted by molar-refractivity contribution is -0.152. The maximum Gasteiger partial charge on any atom is 0.475 e. The summed E-state index contributed by atoms with van der Waals surface area (Å²) in [5.41, 5.74) is 0. The van der Waals surface area contributed by atoms with Crippen molar-refractivity contribution in [2.75, 3.05) is 52.7 Å². The van der Waals surface area contributed by atoms with Gasteiger partial charge in [-0.2, -0.15) is 0 Å². The average Bonchev–Trinajstić information content (AvgIpc) is 0.889. The van der Waals surface area contributed by atoms with Crippen molar-refractivity contribution in [1.82, 2.24) is 21.3 Å². The number of ether oxygens (including phenoxy) is 2. The normalized spacial score (nSPS) is 13.6. The molecule has 0 aromatic heterocycles. The third kappa shape index (κ3) is 78.1. The van der Waals surface area contributed by atoms with Gasteiger partial charge < -0.3 is 30.7 Å². The molecule has 116 heavy (non-hydrogen) atoms. The van der Waals surface area contributed by atoms with Crippen molar-refractivity contribution in [3.05, 3.63) is 25.3 Å². The number of amides is 4. The second kappa shape index (κ2) is 86.8. The molecule has 0 aliphatic heterocycles. The van der Waals surface area contributed by atoms with Gasteiger partial charge in [0.2, 0.25) is 11.8 Å². The number of urea groups is 1. The molecule has 6 atom stereocenters. The summed E-state index contributed by atoms with van der Waals surface area (Å²) in [6.07, 6.45) is 73.8. The van der Waals surface area contributed by atoms with Crippen LogP contribution in [0.15, 0.2) is 25.3 Å². The molecule has 0 aromatic rings. The van der Waals surface area contributed by atoms with Crippen LogP contribution < -0.4 is 21.3 Å². The molecule has 0 aliphatic carbocycles. The highest BCUT2D eigenvalue weighted by atomic mass is 31.2. The van der Waals surface area contributed by atoms with Gasteiger partial charge in [0, 0.05) is 50.9 Å². The third-order valence-electron chi connectivity index (χ3n) is 22.1. The molecule has 684 valence electrons. The van der Waals surface area contributed by atoms with Crippen LogP contribution in [0.2, 0.25) is 0 Å². The number of nitrogens with one attached hydrogen (secondary N) is 4. The molecule has 0 bridgehead atoms. The van der Waals surface area contributed by atoms with E-state index in [1.165, 1.54) is 256 Å². The van der Waals surface area contributed by atoms with Crippen LogP contribution in [0, 0.1) is 0 Å². The fourth-order valence-electron chi connectivity index (χ4n) is 14.8. The number of hydrogen-bond acceptors (Lipinski definition) is 15. The summed E-state index contributed by atoms with van der Waals surface area (Å²) in [4.78, 5) is 67.7. The SMILES string of the molecule is C=CCOP(=O)(OCCNC(=O)NCCOP(=O)(OCC=C)OCC(CCC(CCCCCCCCC)NC(=O)CCCCCCCCCCCCC)OC(=O)CCCCCCCCCCCCC)OCC(CCC(CCCCCCCCC)NC(=O)CCCCCCCCCCCCC)OC(=O)CCCCCCCCCCCCC. The Morgan fingerprint density at radius 1 is 0.284 bits per heavy atom. The summed E-state index contributed by atoms with van der Waals surface area (Å²) < 4.78 is 75.9. The number of phosphoric ester groups is 2. The maximum atomic E-state index is 14.4. The van der Waals surface area contributed by atoms with Gasteiger partial charge in [-0.1, -0.05) is 400 Å². The number of phosphoric acid groups is 2. The van der Waals surface area contributed by atoms with Gasteiger partial charge in [0.1, 0.15) is 12.2 Å². The van der Waals surface area contributed by atoms with E-state index in [0.717, 1.165) is 128 Å². The molecule has 0 spiro atoms. The largest absolute Gasteiger partial charge is 0.475 e. The van der Waals surface area contributed by atoms with Crippen molar-refractivity contribution in [3.8, 4) is 0 Å². The van der Waals surface area contributed by atoms with Gasteiger partial charge in [0.05, 0.1) is 39.6 Å². The Morgan fingerprint density at radius 2 is 0.517 bits per heavy atom. The zero-order valence-corrected chi connectivity index (χ0v) is 77.9. The minimum absolute atomic E-state index is 0.0362. The van der Waals surface area contributed by atoms with E-state index in [4.69, 9.17) is 36.6 Å². The molecule has 0 saturated carbocycles. The van der Waals surface area contributed by atoms with Gasteiger partial charge in [-0.25, -0.2) is 13.9 Å². The fraction of sp³-hybridized carbons (Fsp3) is 0.905. The highest BCUT2D eigenvalue weighted by Gasteiger charge is 2.32. The Labute approximate surface area is 713 Å². The molecule has 0 fully saturated rings. The monoisotopic (exact) mass is 1680 g/mol. The first-order chi connectivity index (χ1) is 56.6. The first-order valence-corrected chi connectivity index (χ1v) is 51.9. The molecule has 0 saturated heterocycles. The molecule has 4 amide bonds. The lowest BCUT2D eigenvalue weighted by atomic mass is 10.00. The molecule has 6 unspecified atom stereocenters. The summed E-state index contributed by atoms with van der Waals surface area (Å²) in [6.45, 7) is 19.1. The van der Waals surface area contributed by atoms with Crippen LogP contribution in [0.5, 0.6) is 0 Å². The fourth-order valence-corrected chi connectivity index (χ4v) is 17.2. The van der Waals surface area contributed by atoms with E-state index in [1.807, 2.05) is 0 Å². The van der Waals surface area contributed by atoms with Gasteiger partial charge in [0.25, 0.3) is 0 Å². The Morgan fingerprint density at radius 3 is 0.767 bits per heavy atom. The van der Waals surface area contributed by atoms with Crippen LogP contribution in [0.25, 0.3) is 0 Å². The smallest absolute Gasteiger partial charge is 0.460 e. The van der Waals surface area contributed by atoms with E-state index in [1.54, 1.807) is 0 Å². The zero-order chi connectivity index (χ0) is 84.8. The van der Waals surface area contributed by atoms with Gasteiger partial charge in [-0.3, -0.25) is 46.3 Å². The zero-order valence-electron chi connectivity index (χ0n) is 76.1. The Kier molecular flexibility index (Phi) is 84.4. The molecule has 0 aromatic carbocycles. The number of unbranched alkanes of at least 4 members (excludes halogenated alkanes) is 52. The molecule has 0 heterocycles. The van der Waals surface area contributed by atoms with Gasteiger partial charge in [-0.15, -0.1) is 13.2 Å². The Hall–Kier alpha value is -3.15. The number of rotatable bonds is 94. The molecule has 21 heteroatoms. The quantitative estimate of drug-likeness (QED) is 0.0192. The van der Waals surface area contributed by atoms with Crippen molar-refractivity contribution in [3.63, 3.8) is 0 Å². The van der Waals surface area contributed by atoms with Crippen LogP contribution in [0.3, 0.4) is 0 Å². The average molecular weight is 1680 g/mol. The van der Waals surface area contributed by atoms with Crippen molar-refractivity contribution < 1.29 is 69.7 Å². The Balaban J connectivity index is 6.23. The highest BCUT2D eigenvalue weighted by molar-refractivity contribution is 7.48. The van der Waals surface area contributed by atoms with Crippen LogP contribution in [-0.4, -0.2) is 107 Å². The molecule has 0 aliphatic rings. The van der Waals surface area contributed by atoms with Gasteiger partial charge >= 0.3 is 33.6 Å². The first-order valence-electron chi connectivity index (χ1n) is 48.9. The van der Waals surface area contributed by atoms with Crippen molar-refractivity contribution >= 4 is 45.4 Å². The van der Waals surface area contributed by atoms with Crippen LogP contribution >= 0.6 is 15.6 Å². The first kappa shape index (κ1) is 113. The standard InChI is InChI=1S/C95H184N4O15P2/c1-9-17-23-29-35-39-43-47-53-59-65-71-91(100)98-87(69-63-57-51-33-27-21-13-5)75-77-89(113-93(102)73-67-61-55-49-45-41-37-31-25-19-11-3)85-111-115(105,107-81-15-7)109-83-79-96-95(104)97-80-84-110-116(106,108-82-16-8)112-86-90(114-94(103)74-68-62-56-50-46-42-38-32-26-20-12-4)78-76-88(70-64-58-52-34-28-22-14-6)99-92(101)72-66-60-54-48-44-40-36-30-24-18-10-2/h15-16,87-90H,7-14,17-86H2,1-6H3,(H,98,100)(H,99,101)(H2,96,97,104).